The van der Waals surface area contributed by atoms with Gasteiger partial charge >= 0.3 is 0 Å². The van der Waals surface area contributed by atoms with E-state index in [9.17, 15) is 4.79 Å². The van der Waals surface area contributed by atoms with Gasteiger partial charge in [-0.1, -0.05) is 13.3 Å². The quantitative estimate of drug-likeness (QED) is 0.831. The SMILES string of the molecule is CCC(CN)CN(C)c1ccc2c(c1)CC(=O)N2. The van der Waals surface area contributed by atoms with E-state index < -0.39 is 0 Å². The molecule has 1 heterocycles. The van der Waals surface area contributed by atoms with Gasteiger partial charge in [-0.05, 0) is 36.2 Å². The Morgan fingerprint density at radius 1 is 1.50 bits per heavy atom. The van der Waals surface area contributed by atoms with Crippen molar-refractivity contribution in [3.05, 3.63) is 23.8 Å². The molecular weight excluding hydrogens is 226 g/mol. The Morgan fingerprint density at radius 3 is 2.94 bits per heavy atom. The zero-order chi connectivity index (χ0) is 13.1. The van der Waals surface area contributed by atoms with Gasteiger partial charge in [0.1, 0.15) is 0 Å². The molecule has 1 aliphatic heterocycles. The third-order valence-electron chi connectivity index (χ3n) is 3.60. The first-order valence-electron chi connectivity index (χ1n) is 6.48. The van der Waals surface area contributed by atoms with Gasteiger partial charge in [-0.15, -0.1) is 0 Å². The zero-order valence-electron chi connectivity index (χ0n) is 11.1. The number of rotatable bonds is 5. The lowest BCUT2D eigenvalue weighted by Crippen LogP contribution is -2.29. The molecule has 0 aromatic heterocycles. The average Bonchev–Trinajstić information content (AvgIpc) is 2.74. The first-order chi connectivity index (χ1) is 8.63. The van der Waals surface area contributed by atoms with Crippen molar-refractivity contribution in [3.8, 4) is 0 Å². The van der Waals surface area contributed by atoms with Crippen molar-refractivity contribution in [2.75, 3.05) is 30.4 Å². The molecule has 1 aromatic carbocycles. The predicted molar refractivity (Wildman–Crippen MR) is 74.9 cm³/mol. The van der Waals surface area contributed by atoms with Gasteiger partial charge in [-0.25, -0.2) is 0 Å². The molecule has 0 saturated heterocycles. The summed E-state index contributed by atoms with van der Waals surface area (Å²) in [6.45, 7) is 3.83. The van der Waals surface area contributed by atoms with Crippen LogP contribution in [0.25, 0.3) is 0 Å². The maximum atomic E-state index is 11.3. The number of benzene rings is 1. The highest BCUT2D eigenvalue weighted by molar-refractivity contribution is 5.99. The van der Waals surface area contributed by atoms with Crippen LogP contribution in [0.15, 0.2) is 18.2 Å². The monoisotopic (exact) mass is 247 g/mol. The van der Waals surface area contributed by atoms with Crippen molar-refractivity contribution in [1.29, 1.82) is 0 Å². The van der Waals surface area contributed by atoms with Crippen LogP contribution in [-0.4, -0.2) is 26.0 Å². The van der Waals surface area contributed by atoms with E-state index in [0.29, 0.717) is 18.9 Å². The fourth-order valence-corrected chi connectivity index (χ4v) is 2.32. The second-order valence-corrected chi connectivity index (χ2v) is 4.96. The van der Waals surface area contributed by atoms with Crippen LogP contribution in [0.3, 0.4) is 0 Å². The molecule has 0 radical (unpaired) electrons. The summed E-state index contributed by atoms with van der Waals surface area (Å²) in [7, 11) is 2.07. The molecule has 4 heteroatoms. The standard InChI is InChI=1S/C14H21N3O/c1-3-10(8-15)9-17(2)12-4-5-13-11(6-12)7-14(18)16-13/h4-6,10H,3,7-9,15H2,1-2H3,(H,16,18). The molecule has 3 N–H and O–H groups in total. The van der Waals surface area contributed by atoms with Gasteiger partial charge in [0.25, 0.3) is 0 Å². The number of amides is 1. The largest absolute Gasteiger partial charge is 0.374 e. The van der Waals surface area contributed by atoms with Crippen molar-refractivity contribution < 1.29 is 4.79 Å². The van der Waals surface area contributed by atoms with Crippen LogP contribution in [-0.2, 0) is 11.2 Å². The first kappa shape index (κ1) is 12.9. The van der Waals surface area contributed by atoms with Crippen LogP contribution in [0.5, 0.6) is 0 Å². The zero-order valence-corrected chi connectivity index (χ0v) is 11.1. The number of carbonyl (C=O) groups excluding carboxylic acids is 1. The molecule has 0 fully saturated rings. The number of nitrogens with two attached hydrogens (primary N) is 1. The molecule has 1 aliphatic rings. The molecule has 1 aromatic rings. The fourth-order valence-electron chi connectivity index (χ4n) is 2.32. The topological polar surface area (TPSA) is 58.4 Å². The summed E-state index contributed by atoms with van der Waals surface area (Å²) >= 11 is 0. The Bertz CT molecular complexity index is 441. The van der Waals surface area contributed by atoms with E-state index in [1.165, 1.54) is 0 Å². The lowest BCUT2D eigenvalue weighted by molar-refractivity contribution is -0.115. The molecule has 2 rings (SSSR count). The summed E-state index contributed by atoms with van der Waals surface area (Å²) in [5.74, 6) is 0.598. The summed E-state index contributed by atoms with van der Waals surface area (Å²) < 4.78 is 0. The van der Waals surface area contributed by atoms with E-state index >= 15 is 0 Å². The molecule has 1 atom stereocenters. The minimum atomic E-state index is 0.0817. The van der Waals surface area contributed by atoms with E-state index in [0.717, 1.165) is 29.9 Å². The third-order valence-corrected chi connectivity index (χ3v) is 3.60. The number of hydrogen-bond donors (Lipinski definition) is 2. The smallest absolute Gasteiger partial charge is 0.228 e. The predicted octanol–water partition coefficient (Wildman–Crippen LogP) is 1.60. The van der Waals surface area contributed by atoms with Crippen LogP contribution in [0.2, 0.25) is 0 Å². The maximum absolute atomic E-state index is 11.3. The highest BCUT2D eigenvalue weighted by Gasteiger charge is 2.18. The number of nitrogens with zero attached hydrogens (tertiary/aromatic N) is 1. The van der Waals surface area contributed by atoms with Gasteiger partial charge in [0.05, 0.1) is 6.42 Å². The van der Waals surface area contributed by atoms with Crippen molar-refractivity contribution in [2.24, 2.45) is 11.7 Å². The molecule has 1 unspecified atom stereocenters. The Hall–Kier alpha value is -1.55. The van der Waals surface area contributed by atoms with Crippen LogP contribution in [0, 0.1) is 5.92 Å². The molecule has 1 amide bonds. The Balaban J connectivity index is 2.10. The summed E-state index contributed by atoms with van der Waals surface area (Å²) in [4.78, 5) is 13.5. The minimum Gasteiger partial charge on any atom is -0.374 e. The third kappa shape index (κ3) is 2.64. The molecule has 0 bridgehead atoms. The number of nitrogens with one attached hydrogen (secondary N) is 1. The van der Waals surface area contributed by atoms with Crippen LogP contribution in [0.4, 0.5) is 11.4 Å². The summed E-state index contributed by atoms with van der Waals surface area (Å²) in [5.41, 5.74) is 8.92. The highest BCUT2D eigenvalue weighted by Crippen LogP contribution is 2.27. The minimum absolute atomic E-state index is 0.0817. The molecule has 98 valence electrons. The van der Waals surface area contributed by atoms with Crippen LogP contribution in [0.1, 0.15) is 18.9 Å². The summed E-state index contributed by atoms with van der Waals surface area (Å²) in [6.07, 6.45) is 1.58. The average molecular weight is 247 g/mol. The summed E-state index contributed by atoms with van der Waals surface area (Å²) in [6, 6.07) is 6.12. The van der Waals surface area contributed by atoms with Gasteiger partial charge in [0.2, 0.25) is 5.91 Å². The van der Waals surface area contributed by atoms with Crippen molar-refractivity contribution in [1.82, 2.24) is 0 Å². The molecule has 18 heavy (non-hydrogen) atoms. The van der Waals surface area contributed by atoms with Gasteiger partial charge < -0.3 is 16.0 Å². The maximum Gasteiger partial charge on any atom is 0.228 e. The lowest BCUT2D eigenvalue weighted by atomic mass is 10.1. The molecular formula is C14H21N3O. The number of hydrogen-bond acceptors (Lipinski definition) is 3. The van der Waals surface area contributed by atoms with E-state index in [1.807, 2.05) is 12.1 Å². The highest BCUT2D eigenvalue weighted by atomic mass is 16.1. The van der Waals surface area contributed by atoms with Gasteiger partial charge in [-0.2, -0.15) is 0 Å². The first-order valence-corrected chi connectivity index (χ1v) is 6.48. The molecule has 0 saturated carbocycles. The fraction of sp³-hybridized carbons (Fsp3) is 0.500. The van der Waals surface area contributed by atoms with E-state index in [1.54, 1.807) is 0 Å². The van der Waals surface area contributed by atoms with Crippen molar-refractivity contribution in [3.63, 3.8) is 0 Å². The van der Waals surface area contributed by atoms with Gasteiger partial charge in [-0.3, -0.25) is 4.79 Å². The normalized spacial score (nSPS) is 15.2. The lowest BCUT2D eigenvalue weighted by Gasteiger charge is -2.24. The van der Waals surface area contributed by atoms with Crippen LogP contribution < -0.4 is 16.0 Å². The molecule has 0 spiro atoms. The van der Waals surface area contributed by atoms with Crippen molar-refractivity contribution in [2.45, 2.75) is 19.8 Å². The second kappa shape index (κ2) is 5.40. The second-order valence-electron chi connectivity index (χ2n) is 4.96. The Kier molecular flexibility index (Phi) is 3.87. The number of anilines is 2. The number of carbonyl (C=O) groups is 1. The van der Waals surface area contributed by atoms with Crippen molar-refractivity contribution >= 4 is 17.3 Å². The van der Waals surface area contributed by atoms with E-state index in [-0.39, 0.29) is 5.91 Å². The Morgan fingerprint density at radius 2 is 2.28 bits per heavy atom. The molecule has 0 aliphatic carbocycles. The van der Waals surface area contributed by atoms with Crippen LogP contribution >= 0.6 is 0 Å². The van der Waals surface area contributed by atoms with E-state index in [2.05, 4.69) is 30.3 Å². The van der Waals surface area contributed by atoms with Gasteiger partial charge in [0.15, 0.2) is 0 Å². The number of fused-ring (bicyclic) bond motifs is 1. The Labute approximate surface area is 108 Å². The van der Waals surface area contributed by atoms with E-state index in [4.69, 9.17) is 5.73 Å². The molecule has 4 nitrogen and oxygen atoms in total. The summed E-state index contributed by atoms with van der Waals surface area (Å²) in [5, 5.41) is 2.85. The van der Waals surface area contributed by atoms with Gasteiger partial charge in [0, 0.05) is 25.0 Å².